The van der Waals surface area contributed by atoms with E-state index in [-0.39, 0.29) is 16.2 Å². The molecule has 0 radical (unpaired) electrons. The van der Waals surface area contributed by atoms with Gasteiger partial charge in [0.05, 0.1) is 12.2 Å². The molecule has 2 nitrogen and oxygen atoms in total. The highest BCUT2D eigenvalue weighted by Crippen LogP contribution is 2.44. The Labute approximate surface area is 141 Å². The van der Waals surface area contributed by atoms with Gasteiger partial charge in [0.1, 0.15) is 0 Å². The molecule has 22 heavy (non-hydrogen) atoms. The highest BCUT2D eigenvalue weighted by Gasteiger charge is 2.47. The van der Waals surface area contributed by atoms with Gasteiger partial charge in [0.15, 0.2) is 16.6 Å². The highest BCUT2D eigenvalue weighted by molar-refractivity contribution is 6.74. The molecule has 0 aromatic rings. The van der Waals surface area contributed by atoms with Crippen LogP contribution >= 0.6 is 0 Å². The molecule has 1 aliphatic rings. The van der Waals surface area contributed by atoms with Crippen molar-refractivity contribution in [2.45, 2.75) is 110 Å². The Morgan fingerprint density at radius 1 is 0.727 bits per heavy atom. The Kier molecular flexibility index (Phi) is 5.88. The molecule has 132 valence electrons. The highest BCUT2D eigenvalue weighted by atomic mass is 28.4. The smallest absolute Gasteiger partial charge is 0.192 e. The van der Waals surface area contributed by atoms with Crippen LogP contribution in [0.15, 0.2) is 0 Å². The van der Waals surface area contributed by atoms with Gasteiger partial charge in [-0.3, -0.25) is 0 Å². The second-order valence-corrected chi connectivity index (χ2v) is 19.8. The van der Waals surface area contributed by atoms with Gasteiger partial charge < -0.3 is 8.85 Å². The van der Waals surface area contributed by atoms with Crippen LogP contribution in [0.2, 0.25) is 36.3 Å². The zero-order valence-electron chi connectivity index (χ0n) is 17.0. The first-order valence-corrected chi connectivity index (χ1v) is 14.8. The van der Waals surface area contributed by atoms with Gasteiger partial charge >= 0.3 is 0 Å². The third-order valence-electron chi connectivity index (χ3n) is 6.32. The van der Waals surface area contributed by atoms with Crippen LogP contribution in [0, 0.1) is 5.92 Å². The van der Waals surface area contributed by atoms with Crippen LogP contribution in [0.5, 0.6) is 0 Å². The summed E-state index contributed by atoms with van der Waals surface area (Å²) in [7, 11) is -3.47. The molecule has 1 saturated carbocycles. The largest absolute Gasteiger partial charge is 0.411 e. The van der Waals surface area contributed by atoms with Crippen molar-refractivity contribution < 1.29 is 8.85 Å². The molecule has 0 heterocycles. The van der Waals surface area contributed by atoms with E-state index < -0.39 is 16.6 Å². The predicted octanol–water partition coefficient (Wildman–Crippen LogP) is 6.20. The first-order chi connectivity index (χ1) is 9.58. The summed E-state index contributed by atoms with van der Waals surface area (Å²) >= 11 is 0. The van der Waals surface area contributed by atoms with Crippen molar-refractivity contribution in [1.29, 1.82) is 0 Å². The van der Waals surface area contributed by atoms with E-state index in [0.29, 0.717) is 12.0 Å². The third kappa shape index (κ3) is 4.46. The molecule has 0 saturated heterocycles. The minimum absolute atomic E-state index is 0.261. The summed E-state index contributed by atoms with van der Waals surface area (Å²) in [6, 6.07) is 0. The summed E-state index contributed by atoms with van der Waals surface area (Å²) in [4.78, 5) is 0. The Bertz CT molecular complexity index is 378. The minimum atomic E-state index is -1.74. The standard InChI is InChI=1S/C18H40O2Si2/c1-14-12-13-15(19-21(8,9)17(2,3)4)16(14)20-22(10,11)18(5,6)7/h14-16H,12-13H2,1-11H3. The molecule has 4 heteroatoms. The van der Waals surface area contributed by atoms with Crippen LogP contribution in [0.4, 0.5) is 0 Å². The topological polar surface area (TPSA) is 18.5 Å². The normalized spacial score (nSPS) is 28.2. The predicted molar refractivity (Wildman–Crippen MR) is 103 cm³/mol. The molecular formula is C18H40O2Si2. The van der Waals surface area contributed by atoms with Crippen LogP contribution in [0.1, 0.15) is 61.3 Å². The molecule has 3 atom stereocenters. The van der Waals surface area contributed by atoms with E-state index in [2.05, 4.69) is 74.7 Å². The van der Waals surface area contributed by atoms with E-state index >= 15 is 0 Å². The van der Waals surface area contributed by atoms with E-state index in [4.69, 9.17) is 8.85 Å². The molecule has 0 aromatic carbocycles. The zero-order valence-corrected chi connectivity index (χ0v) is 19.0. The molecule has 1 rings (SSSR count). The fourth-order valence-electron chi connectivity index (χ4n) is 2.51. The molecule has 1 fully saturated rings. The molecule has 1 aliphatic carbocycles. The average molecular weight is 345 g/mol. The van der Waals surface area contributed by atoms with Crippen molar-refractivity contribution in [2.24, 2.45) is 5.92 Å². The maximum absolute atomic E-state index is 6.78. The molecule has 0 amide bonds. The van der Waals surface area contributed by atoms with Crippen LogP contribution < -0.4 is 0 Å². The number of hydrogen-bond acceptors (Lipinski definition) is 2. The van der Waals surface area contributed by atoms with Gasteiger partial charge in [0.25, 0.3) is 0 Å². The fourth-order valence-corrected chi connectivity index (χ4v) is 5.29. The minimum Gasteiger partial charge on any atom is -0.411 e. The maximum atomic E-state index is 6.78. The van der Waals surface area contributed by atoms with E-state index in [0.717, 1.165) is 6.42 Å². The van der Waals surface area contributed by atoms with Crippen molar-refractivity contribution in [3.63, 3.8) is 0 Å². The fraction of sp³-hybridized carbons (Fsp3) is 1.00. The monoisotopic (exact) mass is 344 g/mol. The van der Waals surface area contributed by atoms with Crippen LogP contribution in [-0.4, -0.2) is 28.8 Å². The molecule has 0 aliphatic heterocycles. The van der Waals surface area contributed by atoms with E-state index in [9.17, 15) is 0 Å². The second-order valence-electron chi connectivity index (χ2n) is 10.3. The zero-order chi connectivity index (χ0) is 17.6. The molecule has 0 aromatic heterocycles. The quantitative estimate of drug-likeness (QED) is 0.565. The lowest BCUT2D eigenvalue weighted by Gasteiger charge is -2.44. The van der Waals surface area contributed by atoms with Gasteiger partial charge in [0, 0.05) is 0 Å². The van der Waals surface area contributed by atoms with E-state index in [1.54, 1.807) is 0 Å². The van der Waals surface area contributed by atoms with Crippen LogP contribution in [-0.2, 0) is 8.85 Å². The first-order valence-electron chi connectivity index (χ1n) is 8.94. The van der Waals surface area contributed by atoms with Crippen LogP contribution in [0.25, 0.3) is 0 Å². The lowest BCUT2D eigenvalue weighted by atomic mass is 10.1. The van der Waals surface area contributed by atoms with Gasteiger partial charge in [-0.05, 0) is 55.0 Å². The maximum Gasteiger partial charge on any atom is 0.192 e. The lowest BCUT2D eigenvalue weighted by Crippen LogP contribution is -2.51. The summed E-state index contributed by atoms with van der Waals surface area (Å²) in [5, 5.41) is 0.525. The van der Waals surface area contributed by atoms with Gasteiger partial charge in [-0.15, -0.1) is 0 Å². The Morgan fingerprint density at radius 3 is 1.55 bits per heavy atom. The van der Waals surface area contributed by atoms with Crippen molar-refractivity contribution in [2.75, 3.05) is 0 Å². The molecule has 0 spiro atoms. The van der Waals surface area contributed by atoms with Crippen molar-refractivity contribution in [3.8, 4) is 0 Å². The Balaban J connectivity index is 2.89. The van der Waals surface area contributed by atoms with Crippen molar-refractivity contribution in [3.05, 3.63) is 0 Å². The third-order valence-corrected chi connectivity index (χ3v) is 15.3. The number of rotatable bonds is 4. The van der Waals surface area contributed by atoms with Crippen molar-refractivity contribution >= 4 is 16.6 Å². The number of hydrogen-bond donors (Lipinski definition) is 0. The molecule has 0 bridgehead atoms. The molecular weight excluding hydrogens is 304 g/mol. The summed E-state index contributed by atoms with van der Waals surface area (Å²) in [6.45, 7) is 25.7. The average Bonchev–Trinajstić information content (AvgIpc) is 2.57. The summed E-state index contributed by atoms with van der Waals surface area (Å²) in [5.41, 5.74) is 0. The van der Waals surface area contributed by atoms with Gasteiger partial charge in [-0.25, -0.2) is 0 Å². The second kappa shape index (κ2) is 6.34. The van der Waals surface area contributed by atoms with Gasteiger partial charge in [-0.2, -0.15) is 0 Å². The lowest BCUT2D eigenvalue weighted by molar-refractivity contribution is 0.0395. The summed E-state index contributed by atoms with van der Waals surface area (Å²) < 4.78 is 13.5. The van der Waals surface area contributed by atoms with Gasteiger partial charge in [-0.1, -0.05) is 48.5 Å². The molecule has 0 N–H and O–H groups in total. The van der Waals surface area contributed by atoms with Crippen LogP contribution in [0.3, 0.4) is 0 Å². The molecule has 3 unspecified atom stereocenters. The van der Waals surface area contributed by atoms with Crippen molar-refractivity contribution in [1.82, 2.24) is 0 Å². The Hall–Kier alpha value is 0.354. The Morgan fingerprint density at radius 2 is 1.14 bits per heavy atom. The summed E-state index contributed by atoms with van der Waals surface area (Å²) in [6.07, 6.45) is 2.98. The SMILES string of the molecule is CC1CCC(O[Si](C)(C)C(C)(C)C)C1O[Si](C)(C)C(C)(C)C. The first kappa shape index (κ1) is 20.4. The summed E-state index contributed by atoms with van der Waals surface area (Å²) in [5.74, 6) is 0.615. The van der Waals surface area contributed by atoms with E-state index in [1.807, 2.05) is 0 Å². The van der Waals surface area contributed by atoms with Gasteiger partial charge in [0.2, 0.25) is 0 Å². The van der Waals surface area contributed by atoms with E-state index in [1.165, 1.54) is 6.42 Å².